The first-order valence-corrected chi connectivity index (χ1v) is 7.95. The lowest BCUT2D eigenvalue weighted by atomic mass is 9.83. The van der Waals surface area contributed by atoms with Gasteiger partial charge in [-0.25, -0.2) is 0 Å². The fraction of sp³-hybridized carbons (Fsp3) is 0.316. The van der Waals surface area contributed by atoms with E-state index in [1.54, 1.807) is 24.3 Å². The molecule has 2 atom stereocenters. The second-order valence-corrected chi connectivity index (χ2v) is 6.02. The number of carbonyl (C=O) groups excluding carboxylic acids is 1. The lowest BCUT2D eigenvalue weighted by molar-refractivity contribution is 0.0895. The quantitative estimate of drug-likeness (QED) is 0.793. The zero-order valence-corrected chi connectivity index (χ0v) is 12.9. The normalized spacial score (nSPS) is 18.5. The molecule has 2 aromatic rings. The summed E-state index contributed by atoms with van der Waals surface area (Å²) in [5.41, 5.74) is 2.72. The minimum absolute atomic E-state index is 0.0306. The zero-order valence-electron chi connectivity index (χ0n) is 12.9. The van der Waals surface area contributed by atoms with Crippen LogP contribution in [0.25, 0.3) is 0 Å². The summed E-state index contributed by atoms with van der Waals surface area (Å²) in [5, 5.41) is 22.6. The Balaban J connectivity index is 1.53. The second kappa shape index (κ2) is 6.94. The van der Waals surface area contributed by atoms with Gasteiger partial charge in [-0.15, -0.1) is 0 Å². The number of ketones is 1. The molecule has 0 bridgehead atoms. The molecule has 2 aromatic carbocycles. The molecule has 0 radical (unpaired) electrons. The summed E-state index contributed by atoms with van der Waals surface area (Å²) in [6.45, 7) is 0.957. The number of fused-ring (bicyclic) bond motifs is 1. The van der Waals surface area contributed by atoms with Gasteiger partial charge in [-0.3, -0.25) is 4.79 Å². The van der Waals surface area contributed by atoms with Crippen LogP contribution >= 0.6 is 0 Å². The third-order valence-corrected chi connectivity index (χ3v) is 4.42. The van der Waals surface area contributed by atoms with Gasteiger partial charge >= 0.3 is 0 Å². The minimum atomic E-state index is -0.651. The maximum atomic E-state index is 12.5. The molecule has 2 unspecified atom stereocenters. The Bertz CT molecular complexity index is 681. The molecule has 0 amide bonds. The Morgan fingerprint density at radius 1 is 1.13 bits per heavy atom. The predicted octanol–water partition coefficient (Wildman–Crippen LogP) is 2.46. The number of hydrogen-bond acceptors (Lipinski definition) is 4. The molecule has 1 aliphatic rings. The molecule has 0 fully saturated rings. The number of aryl methyl sites for hydroxylation is 1. The Kier molecular flexibility index (Phi) is 4.74. The van der Waals surface area contributed by atoms with E-state index in [9.17, 15) is 15.0 Å². The Hall–Kier alpha value is -2.17. The molecular formula is C19H21NO3. The molecule has 120 valence electrons. The second-order valence-electron chi connectivity index (χ2n) is 6.02. The molecule has 0 aliphatic heterocycles. The van der Waals surface area contributed by atoms with Crippen molar-refractivity contribution in [2.75, 3.05) is 13.1 Å². The number of rotatable bonds is 5. The van der Waals surface area contributed by atoms with E-state index in [1.165, 1.54) is 0 Å². The molecule has 3 rings (SSSR count). The molecule has 0 saturated carbocycles. The smallest absolute Gasteiger partial charge is 0.167 e. The third kappa shape index (κ3) is 3.60. The van der Waals surface area contributed by atoms with Gasteiger partial charge < -0.3 is 15.5 Å². The molecule has 3 N–H and O–H groups in total. The number of Topliss-reactive ketones (excluding diaryl/α,β-unsaturated/α-hetero) is 1. The summed E-state index contributed by atoms with van der Waals surface area (Å²) in [5.74, 6) is 0.343. The van der Waals surface area contributed by atoms with Crippen LogP contribution in [-0.2, 0) is 6.42 Å². The lowest BCUT2D eigenvalue weighted by Gasteiger charge is -2.24. The van der Waals surface area contributed by atoms with Crippen LogP contribution in [0.4, 0.5) is 0 Å². The molecule has 1 aliphatic carbocycles. The van der Waals surface area contributed by atoms with Crippen molar-refractivity contribution in [3.05, 3.63) is 65.2 Å². The van der Waals surface area contributed by atoms with Crippen molar-refractivity contribution in [3.8, 4) is 5.75 Å². The molecule has 0 aromatic heterocycles. The summed E-state index contributed by atoms with van der Waals surface area (Å²) < 4.78 is 0. The van der Waals surface area contributed by atoms with Gasteiger partial charge in [0.1, 0.15) is 5.75 Å². The number of carbonyl (C=O) groups is 1. The topological polar surface area (TPSA) is 69.6 Å². The van der Waals surface area contributed by atoms with E-state index in [0.717, 1.165) is 29.5 Å². The van der Waals surface area contributed by atoms with Crippen LogP contribution in [0.15, 0.2) is 48.5 Å². The summed E-state index contributed by atoms with van der Waals surface area (Å²) in [7, 11) is 0. The number of aliphatic hydroxyl groups is 1. The van der Waals surface area contributed by atoms with E-state index < -0.39 is 6.10 Å². The van der Waals surface area contributed by atoms with Gasteiger partial charge in [-0.05, 0) is 36.1 Å². The van der Waals surface area contributed by atoms with Gasteiger partial charge in [0.05, 0.1) is 6.10 Å². The van der Waals surface area contributed by atoms with E-state index in [0.29, 0.717) is 13.1 Å². The van der Waals surface area contributed by atoms with E-state index in [-0.39, 0.29) is 17.5 Å². The molecule has 0 saturated heterocycles. The van der Waals surface area contributed by atoms with Crippen molar-refractivity contribution in [3.63, 3.8) is 0 Å². The van der Waals surface area contributed by atoms with Crippen LogP contribution in [0, 0.1) is 5.92 Å². The van der Waals surface area contributed by atoms with E-state index in [4.69, 9.17) is 0 Å². The third-order valence-electron chi connectivity index (χ3n) is 4.42. The van der Waals surface area contributed by atoms with Crippen LogP contribution in [-0.4, -0.2) is 29.1 Å². The van der Waals surface area contributed by atoms with Gasteiger partial charge in [-0.2, -0.15) is 0 Å². The standard InChI is InChI=1S/C19H21NO3/c21-16-9-7-14(8-10-16)18(22)12-20-11-15-6-5-13-3-1-2-4-17(13)19(15)23/h1-4,7-10,15,18,20-22H,5-6,11-12H2. The minimum Gasteiger partial charge on any atom is -0.508 e. The number of phenolic OH excluding ortho intramolecular Hbond substituents is 1. The Labute approximate surface area is 135 Å². The maximum absolute atomic E-state index is 12.5. The molecule has 0 heterocycles. The van der Waals surface area contributed by atoms with Crippen molar-refractivity contribution in [1.29, 1.82) is 0 Å². The number of hydrogen-bond donors (Lipinski definition) is 3. The highest BCUT2D eigenvalue weighted by Crippen LogP contribution is 2.25. The van der Waals surface area contributed by atoms with E-state index in [2.05, 4.69) is 5.32 Å². The molecule has 4 heteroatoms. The first-order valence-electron chi connectivity index (χ1n) is 7.95. The lowest BCUT2D eigenvalue weighted by Crippen LogP contribution is -2.34. The molecule has 0 spiro atoms. The average molecular weight is 311 g/mol. The number of benzene rings is 2. The summed E-state index contributed by atoms with van der Waals surface area (Å²) >= 11 is 0. The Morgan fingerprint density at radius 2 is 1.87 bits per heavy atom. The average Bonchev–Trinajstić information content (AvgIpc) is 2.57. The van der Waals surface area contributed by atoms with Crippen molar-refractivity contribution in [2.24, 2.45) is 5.92 Å². The van der Waals surface area contributed by atoms with Crippen LogP contribution in [0.3, 0.4) is 0 Å². The highest BCUT2D eigenvalue weighted by Gasteiger charge is 2.26. The fourth-order valence-electron chi connectivity index (χ4n) is 3.06. The van der Waals surface area contributed by atoms with Crippen molar-refractivity contribution >= 4 is 5.78 Å². The highest BCUT2D eigenvalue weighted by atomic mass is 16.3. The van der Waals surface area contributed by atoms with Gasteiger partial charge in [0.25, 0.3) is 0 Å². The van der Waals surface area contributed by atoms with Crippen LogP contribution in [0.1, 0.15) is 34.0 Å². The van der Waals surface area contributed by atoms with Gasteiger partial charge in [0.15, 0.2) is 5.78 Å². The van der Waals surface area contributed by atoms with Gasteiger partial charge in [0, 0.05) is 24.6 Å². The SMILES string of the molecule is O=C1c2ccccc2CCC1CNCC(O)c1ccc(O)cc1. The van der Waals surface area contributed by atoms with Gasteiger partial charge in [0.2, 0.25) is 0 Å². The Morgan fingerprint density at radius 3 is 2.65 bits per heavy atom. The molecule has 4 nitrogen and oxygen atoms in total. The van der Waals surface area contributed by atoms with E-state index >= 15 is 0 Å². The number of nitrogens with one attached hydrogen (secondary N) is 1. The zero-order chi connectivity index (χ0) is 16.2. The fourth-order valence-corrected chi connectivity index (χ4v) is 3.06. The van der Waals surface area contributed by atoms with Crippen molar-refractivity contribution in [1.82, 2.24) is 5.32 Å². The number of aliphatic hydroxyl groups excluding tert-OH is 1. The van der Waals surface area contributed by atoms with Crippen molar-refractivity contribution in [2.45, 2.75) is 18.9 Å². The summed E-state index contributed by atoms with van der Waals surface area (Å²) in [4.78, 5) is 12.5. The largest absolute Gasteiger partial charge is 0.508 e. The van der Waals surface area contributed by atoms with E-state index in [1.807, 2.05) is 24.3 Å². The first kappa shape index (κ1) is 15.7. The summed E-state index contributed by atoms with van der Waals surface area (Å²) in [6, 6.07) is 14.3. The monoisotopic (exact) mass is 311 g/mol. The van der Waals surface area contributed by atoms with Crippen LogP contribution < -0.4 is 5.32 Å². The van der Waals surface area contributed by atoms with Gasteiger partial charge in [-0.1, -0.05) is 36.4 Å². The van der Waals surface area contributed by atoms with Crippen LogP contribution in [0.5, 0.6) is 5.75 Å². The number of aromatic hydroxyl groups is 1. The molecular weight excluding hydrogens is 290 g/mol. The molecule has 23 heavy (non-hydrogen) atoms. The van der Waals surface area contributed by atoms with Crippen LogP contribution in [0.2, 0.25) is 0 Å². The predicted molar refractivity (Wildman–Crippen MR) is 88.5 cm³/mol. The number of phenols is 1. The van der Waals surface area contributed by atoms with Crippen molar-refractivity contribution < 1.29 is 15.0 Å². The first-order chi connectivity index (χ1) is 11.1. The maximum Gasteiger partial charge on any atom is 0.167 e. The highest BCUT2D eigenvalue weighted by molar-refractivity contribution is 6.00. The summed E-state index contributed by atoms with van der Waals surface area (Å²) in [6.07, 6.45) is 1.12.